The number of carbonyl (C=O) groups is 1. The summed E-state index contributed by atoms with van der Waals surface area (Å²) in [5.41, 5.74) is 4.93. The van der Waals surface area contributed by atoms with Gasteiger partial charge in [0.1, 0.15) is 6.33 Å². The van der Waals surface area contributed by atoms with Crippen LogP contribution in [0.2, 0.25) is 0 Å². The molecule has 4 heterocycles. The number of benzene rings is 1. The molecule has 158 valence electrons. The van der Waals surface area contributed by atoms with Crippen LogP contribution in [0, 0.1) is 0 Å². The monoisotopic (exact) mass is 405 g/mol. The first-order chi connectivity index (χ1) is 14.7. The number of fused-ring (bicyclic) bond motifs is 2. The van der Waals surface area contributed by atoms with Crippen LogP contribution in [-0.2, 0) is 17.8 Å². The molecule has 1 amide bonds. The molecule has 2 atom stereocenters. The lowest BCUT2D eigenvalue weighted by Crippen LogP contribution is -2.59. The Kier molecular flexibility index (Phi) is 5.52. The third-order valence-corrected chi connectivity index (χ3v) is 7.16. The van der Waals surface area contributed by atoms with Crippen molar-refractivity contribution in [3.8, 4) is 11.1 Å². The number of hydrogen-bond donors (Lipinski definition) is 0. The Morgan fingerprint density at radius 3 is 2.80 bits per heavy atom. The molecule has 3 aliphatic rings. The second-order valence-corrected chi connectivity index (χ2v) is 9.08. The zero-order valence-electron chi connectivity index (χ0n) is 17.8. The van der Waals surface area contributed by atoms with E-state index in [1.54, 1.807) is 6.33 Å². The van der Waals surface area contributed by atoms with Crippen molar-refractivity contribution < 1.29 is 4.79 Å². The van der Waals surface area contributed by atoms with Gasteiger partial charge in [0, 0.05) is 62.8 Å². The minimum atomic E-state index is 0.300. The number of rotatable bonds is 3. The number of piperazine rings is 1. The first-order valence-electron chi connectivity index (χ1n) is 11.3. The highest BCUT2D eigenvalue weighted by Crippen LogP contribution is 2.27. The van der Waals surface area contributed by atoms with Crippen molar-refractivity contribution in [2.24, 2.45) is 0 Å². The molecule has 1 aromatic heterocycles. The lowest BCUT2D eigenvalue weighted by Gasteiger charge is -2.47. The molecule has 0 N–H and O–H groups in total. The van der Waals surface area contributed by atoms with Gasteiger partial charge in [-0.1, -0.05) is 24.6 Å². The van der Waals surface area contributed by atoms with Crippen molar-refractivity contribution in [3.63, 3.8) is 0 Å². The summed E-state index contributed by atoms with van der Waals surface area (Å²) in [6.07, 6.45) is 10.1. The lowest BCUT2D eigenvalue weighted by atomic mass is 9.94. The van der Waals surface area contributed by atoms with Gasteiger partial charge in [-0.25, -0.2) is 9.97 Å². The fourth-order valence-corrected chi connectivity index (χ4v) is 5.41. The second kappa shape index (κ2) is 8.44. The van der Waals surface area contributed by atoms with Crippen LogP contribution in [0.4, 0.5) is 0 Å². The summed E-state index contributed by atoms with van der Waals surface area (Å²) in [6, 6.07) is 7.85. The van der Waals surface area contributed by atoms with Crippen LogP contribution in [0.5, 0.6) is 0 Å². The average molecular weight is 406 g/mol. The maximum atomic E-state index is 13.0. The van der Waals surface area contributed by atoms with Crippen LogP contribution in [0.15, 0.2) is 36.9 Å². The van der Waals surface area contributed by atoms with Crippen molar-refractivity contribution in [2.75, 3.05) is 32.7 Å². The quantitative estimate of drug-likeness (QED) is 0.786. The van der Waals surface area contributed by atoms with E-state index in [2.05, 4.69) is 49.8 Å². The van der Waals surface area contributed by atoms with E-state index < -0.39 is 0 Å². The van der Waals surface area contributed by atoms with Gasteiger partial charge >= 0.3 is 0 Å². The molecule has 2 fully saturated rings. The van der Waals surface area contributed by atoms with Gasteiger partial charge in [0.2, 0.25) is 5.91 Å². The minimum absolute atomic E-state index is 0.300. The Morgan fingerprint density at radius 2 is 1.93 bits per heavy atom. The smallest absolute Gasteiger partial charge is 0.236 e. The van der Waals surface area contributed by atoms with Crippen molar-refractivity contribution in [1.82, 2.24) is 24.7 Å². The highest BCUT2D eigenvalue weighted by atomic mass is 16.2. The first-order valence-corrected chi connectivity index (χ1v) is 11.3. The summed E-state index contributed by atoms with van der Waals surface area (Å²) < 4.78 is 0. The largest absolute Gasteiger partial charge is 0.339 e. The van der Waals surface area contributed by atoms with E-state index in [9.17, 15) is 4.79 Å². The van der Waals surface area contributed by atoms with Gasteiger partial charge in [-0.05, 0) is 42.9 Å². The molecular formula is C24H31N5O. The molecule has 0 aliphatic carbocycles. The molecule has 3 aliphatic heterocycles. The summed E-state index contributed by atoms with van der Waals surface area (Å²) in [5.74, 6) is 0.300. The third kappa shape index (κ3) is 3.98. The molecule has 0 bridgehead atoms. The van der Waals surface area contributed by atoms with E-state index in [4.69, 9.17) is 0 Å². The molecular weight excluding hydrogens is 374 g/mol. The maximum Gasteiger partial charge on any atom is 0.236 e. The van der Waals surface area contributed by atoms with E-state index in [-0.39, 0.29) is 0 Å². The highest BCUT2D eigenvalue weighted by molar-refractivity contribution is 5.78. The highest BCUT2D eigenvalue weighted by Gasteiger charge is 2.34. The molecule has 5 rings (SSSR count). The number of hydrogen-bond acceptors (Lipinski definition) is 5. The Hall–Kier alpha value is -2.31. The van der Waals surface area contributed by atoms with Crippen LogP contribution < -0.4 is 0 Å². The van der Waals surface area contributed by atoms with Crippen LogP contribution in [-0.4, -0.2) is 75.4 Å². The standard InChI is InChI=1S/C24H31N5O/c1-18-3-2-4-23-15-28(9-10-29(18)23)24(30)16-27-8-7-20-11-19(5-6-21(20)14-27)22-12-25-17-26-13-22/h5-6,11-13,17-18,23H,2-4,7-10,14-16H2,1H3/t18?,23-/m0/s1. The minimum Gasteiger partial charge on any atom is -0.339 e. The lowest BCUT2D eigenvalue weighted by molar-refractivity contribution is -0.137. The van der Waals surface area contributed by atoms with E-state index in [1.807, 2.05) is 12.4 Å². The van der Waals surface area contributed by atoms with Gasteiger partial charge in [0.25, 0.3) is 0 Å². The number of piperidine rings is 1. The zero-order valence-corrected chi connectivity index (χ0v) is 17.8. The Balaban J connectivity index is 1.20. The molecule has 0 spiro atoms. The molecule has 2 aromatic rings. The fourth-order valence-electron chi connectivity index (χ4n) is 5.41. The van der Waals surface area contributed by atoms with E-state index >= 15 is 0 Å². The summed E-state index contributed by atoms with van der Waals surface area (Å²) in [7, 11) is 0. The van der Waals surface area contributed by atoms with Crippen molar-refractivity contribution >= 4 is 5.91 Å². The SMILES string of the molecule is CC1CCC[C@H]2CN(C(=O)CN3CCc4cc(-c5cncnc5)ccc4C3)CCN12. The second-order valence-electron chi connectivity index (χ2n) is 9.08. The molecule has 1 aromatic carbocycles. The van der Waals surface area contributed by atoms with E-state index in [1.165, 1.54) is 36.0 Å². The fraction of sp³-hybridized carbons (Fsp3) is 0.542. The molecule has 1 unspecified atom stereocenters. The third-order valence-electron chi connectivity index (χ3n) is 7.16. The Morgan fingerprint density at radius 1 is 1.07 bits per heavy atom. The predicted octanol–water partition coefficient (Wildman–Crippen LogP) is 2.59. The summed E-state index contributed by atoms with van der Waals surface area (Å²) >= 11 is 0. The molecule has 6 heteroatoms. The number of amides is 1. The number of aromatic nitrogens is 2. The van der Waals surface area contributed by atoms with E-state index in [0.29, 0.717) is 24.5 Å². The van der Waals surface area contributed by atoms with Gasteiger partial charge in [0.05, 0.1) is 6.54 Å². The summed E-state index contributed by atoms with van der Waals surface area (Å²) in [5, 5.41) is 0. The van der Waals surface area contributed by atoms with Crippen molar-refractivity contribution in [3.05, 3.63) is 48.0 Å². The molecule has 2 saturated heterocycles. The Bertz CT molecular complexity index is 902. The van der Waals surface area contributed by atoms with Gasteiger partial charge in [-0.3, -0.25) is 14.6 Å². The maximum absolute atomic E-state index is 13.0. The molecule has 30 heavy (non-hydrogen) atoms. The molecule has 6 nitrogen and oxygen atoms in total. The van der Waals surface area contributed by atoms with E-state index in [0.717, 1.165) is 44.7 Å². The normalized spacial score (nSPS) is 24.9. The topological polar surface area (TPSA) is 52.6 Å². The van der Waals surface area contributed by atoms with Crippen LogP contribution in [0.25, 0.3) is 11.1 Å². The van der Waals surface area contributed by atoms with Gasteiger partial charge < -0.3 is 4.90 Å². The van der Waals surface area contributed by atoms with Gasteiger partial charge in [-0.15, -0.1) is 0 Å². The molecule has 0 saturated carbocycles. The molecule has 0 radical (unpaired) electrons. The first kappa shape index (κ1) is 19.6. The average Bonchev–Trinajstić information content (AvgIpc) is 2.79. The Labute approximate surface area is 178 Å². The van der Waals surface area contributed by atoms with Crippen molar-refractivity contribution in [1.29, 1.82) is 0 Å². The van der Waals surface area contributed by atoms with Crippen LogP contribution in [0.1, 0.15) is 37.3 Å². The number of nitrogens with zero attached hydrogens (tertiary/aromatic N) is 5. The van der Waals surface area contributed by atoms with Crippen LogP contribution >= 0.6 is 0 Å². The summed E-state index contributed by atoms with van der Waals surface area (Å²) in [6.45, 7) is 7.50. The number of carbonyl (C=O) groups excluding carboxylic acids is 1. The zero-order chi connectivity index (χ0) is 20.5. The predicted molar refractivity (Wildman–Crippen MR) is 117 cm³/mol. The summed E-state index contributed by atoms with van der Waals surface area (Å²) in [4.78, 5) is 28.3. The van der Waals surface area contributed by atoms with Gasteiger partial charge in [-0.2, -0.15) is 0 Å². The van der Waals surface area contributed by atoms with Crippen molar-refractivity contribution in [2.45, 2.75) is 51.2 Å². The van der Waals surface area contributed by atoms with Crippen LogP contribution in [0.3, 0.4) is 0 Å². The van der Waals surface area contributed by atoms with Gasteiger partial charge in [0.15, 0.2) is 0 Å².